The number of amides is 3. The van der Waals surface area contributed by atoms with Crippen LogP contribution in [-0.4, -0.2) is 24.0 Å². The number of carbonyl (C=O) groups excluding carboxylic acids is 2. The summed E-state index contributed by atoms with van der Waals surface area (Å²) in [7, 11) is 1.49. The molecule has 0 spiro atoms. The van der Waals surface area contributed by atoms with Gasteiger partial charge in [0.15, 0.2) is 0 Å². The number of aromatic nitrogens is 1. The first kappa shape index (κ1) is 25.5. The molecule has 174 valence electrons. The summed E-state index contributed by atoms with van der Waals surface area (Å²) in [6.07, 6.45) is -3.21. The molecule has 11 heteroatoms. The van der Waals surface area contributed by atoms with Crippen LogP contribution in [0.5, 0.6) is 11.5 Å². The van der Waals surface area contributed by atoms with Gasteiger partial charge in [-0.2, -0.15) is 13.2 Å². The van der Waals surface area contributed by atoms with Gasteiger partial charge in [0, 0.05) is 30.7 Å². The van der Waals surface area contributed by atoms with Crippen molar-refractivity contribution in [2.75, 3.05) is 17.7 Å². The summed E-state index contributed by atoms with van der Waals surface area (Å²) in [6, 6.07) is 11.6. The topological polar surface area (TPSA) is 92.4 Å². The number of ether oxygens (including phenoxy) is 1. The summed E-state index contributed by atoms with van der Waals surface area (Å²) in [5.41, 5.74) is -0.547. The predicted octanol–water partition coefficient (Wildman–Crippen LogP) is 6.19. The molecule has 0 aliphatic carbocycles. The van der Waals surface area contributed by atoms with E-state index in [-0.39, 0.29) is 24.7 Å². The molecule has 0 radical (unpaired) electrons. The van der Waals surface area contributed by atoms with Crippen molar-refractivity contribution in [3.05, 3.63) is 77.1 Å². The molecule has 7 nitrogen and oxygen atoms in total. The second-order valence-corrected chi connectivity index (χ2v) is 6.76. The van der Waals surface area contributed by atoms with E-state index in [0.717, 1.165) is 12.1 Å². The first-order chi connectivity index (χ1) is 15.2. The molecule has 3 N–H and O–H groups in total. The second-order valence-electron chi connectivity index (χ2n) is 6.35. The highest BCUT2D eigenvalue weighted by Crippen LogP contribution is 2.36. The quantitative estimate of drug-likeness (QED) is 0.406. The monoisotopic (exact) mass is 480 g/mol. The molecule has 0 aliphatic heterocycles. The molecule has 0 aliphatic rings. The van der Waals surface area contributed by atoms with Crippen molar-refractivity contribution in [3.63, 3.8) is 0 Å². The minimum Gasteiger partial charge on any atom is -0.457 e. The second kappa shape index (κ2) is 10.7. The van der Waals surface area contributed by atoms with E-state index in [1.165, 1.54) is 25.4 Å². The van der Waals surface area contributed by atoms with E-state index in [0.29, 0.717) is 17.2 Å². The van der Waals surface area contributed by atoms with E-state index in [1.807, 2.05) is 0 Å². The van der Waals surface area contributed by atoms with Gasteiger partial charge >= 0.3 is 12.2 Å². The van der Waals surface area contributed by atoms with Crippen LogP contribution < -0.4 is 20.7 Å². The van der Waals surface area contributed by atoms with Crippen molar-refractivity contribution >= 4 is 34.9 Å². The van der Waals surface area contributed by atoms with E-state index >= 15 is 0 Å². The molecule has 1 heterocycles. The van der Waals surface area contributed by atoms with Crippen molar-refractivity contribution in [2.24, 2.45) is 0 Å². The van der Waals surface area contributed by atoms with Crippen molar-refractivity contribution in [2.45, 2.75) is 13.6 Å². The molecule has 0 atom stereocenters. The predicted molar refractivity (Wildman–Crippen MR) is 120 cm³/mol. The fourth-order valence-corrected chi connectivity index (χ4v) is 2.81. The number of carbonyl (C=O) groups is 2. The number of benzene rings is 2. The van der Waals surface area contributed by atoms with E-state index in [4.69, 9.17) is 16.3 Å². The molecule has 3 aromatic rings. The third-order valence-corrected chi connectivity index (χ3v) is 4.40. The van der Waals surface area contributed by atoms with Crippen LogP contribution in [0.3, 0.4) is 0 Å². The average molecular weight is 481 g/mol. The minimum atomic E-state index is -4.64. The molecular weight excluding hydrogens is 461 g/mol. The Bertz CT molecular complexity index is 1140. The van der Waals surface area contributed by atoms with Gasteiger partial charge in [-0.25, -0.2) is 4.79 Å². The van der Waals surface area contributed by atoms with E-state index < -0.39 is 22.8 Å². The number of nitrogens with zero attached hydrogens (tertiary/aromatic N) is 1. The van der Waals surface area contributed by atoms with Crippen LogP contribution in [0, 0.1) is 0 Å². The Morgan fingerprint density at radius 1 is 0.939 bits per heavy atom. The normalized spacial score (nSPS) is 10.6. The van der Waals surface area contributed by atoms with E-state index in [2.05, 4.69) is 20.9 Å². The number of urea groups is 1. The number of hydrogen-bond acceptors (Lipinski definition) is 4. The highest BCUT2D eigenvalue weighted by molar-refractivity contribution is 6.31. The van der Waals surface area contributed by atoms with Gasteiger partial charge in [-0.3, -0.25) is 9.78 Å². The molecule has 3 amide bonds. The van der Waals surface area contributed by atoms with Gasteiger partial charge < -0.3 is 20.7 Å². The standard InChI is InChI=1S/C21H16ClF3N4O3.CH4/c1-26-19(30)18-11-15(8-9-27-18)32-14-5-2-12(3-6-14)28-20(31)29-13-4-7-17(22)16(10-13)21(23,24)25;/h2-11H,1H3,(H,26,30)(H2,28,29,31);1H4. The van der Waals surface area contributed by atoms with Crippen molar-refractivity contribution in [3.8, 4) is 11.5 Å². The molecule has 0 bridgehead atoms. The SMILES string of the molecule is C.CNC(=O)c1cc(Oc2ccc(NC(=O)Nc3ccc(Cl)c(C(F)(F)F)c3)cc2)ccn1. The lowest BCUT2D eigenvalue weighted by Crippen LogP contribution is -2.19. The molecule has 3 rings (SSSR count). The number of nitrogens with one attached hydrogen (secondary N) is 3. The van der Waals surface area contributed by atoms with Crippen LogP contribution in [0.15, 0.2) is 60.8 Å². The van der Waals surface area contributed by atoms with Crippen LogP contribution in [0.25, 0.3) is 0 Å². The molecule has 2 aromatic carbocycles. The summed E-state index contributed by atoms with van der Waals surface area (Å²) >= 11 is 5.57. The molecular formula is C22H20ClF3N4O3. The largest absolute Gasteiger partial charge is 0.457 e. The number of rotatable bonds is 5. The highest BCUT2D eigenvalue weighted by atomic mass is 35.5. The molecule has 0 unspecified atom stereocenters. The van der Waals surface area contributed by atoms with Crippen LogP contribution in [0.2, 0.25) is 5.02 Å². The molecule has 33 heavy (non-hydrogen) atoms. The summed E-state index contributed by atoms with van der Waals surface area (Å²) in [6.45, 7) is 0. The Hall–Kier alpha value is -3.79. The van der Waals surface area contributed by atoms with Crippen LogP contribution in [-0.2, 0) is 6.18 Å². The summed E-state index contributed by atoms with van der Waals surface area (Å²) in [5, 5.41) is 6.83. The van der Waals surface area contributed by atoms with Gasteiger partial charge in [0.25, 0.3) is 5.91 Å². The first-order valence-electron chi connectivity index (χ1n) is 9.06. The maximum Gasteiger partial charge on any atom is 0.417 e. The number of halogens is 4. The van der Waals surface area contributed by atoms with Gasteiger partial charge in [0.1, 0.15) is 17.2 Å². The fraction of sp³-hybridized carbons (Fsp3) is 0.136. The summed E-state index contributed by atoms with van der Waals surface area (Å²) < 4.78 is 44.5. The number of alkyl halides is 3. The Morgan fingerprint density at radius 3 is 2.21 bits per heavy atom. The van der Waals surface area contributed by atoms with Gasteiger partial charge in [-0.05, 0) is 48.5 Å². The Morgan fingerprint density at radius 2 is 1.58 bits per heavy atom. The van der Waals surface area contributed by atoms with Gasteiger partial charge in [0.05, 0.1) is 10.6 Å². The smallest absolute Gasteiger partial charge is 0.417 e. The molecule has 0 saturated heterocycles. The van der Waals surface area contributed by atoms with Crippen LogP contribution in [0.1, 0.15) is 23.5 Å². The van der Waals surface area contributed by atoms with Crippen LogP contribution >= 0.6 is 11.6 Å². The lowest BCUT2D eigenvalue weighted by molar-refractivity contribution is -0.137. The molecule has 0 fully saturated rings. The lowest BCUT2D eigenvalue weighted by Gasteiger charge is -2.12. The average Bonchev–Trinajstić information content (AvgIpc) is 2.75. The zero-order valence-electron chi connectivity index (χ0n) is 16.5. The van der Waals surface area contributed by atoms with Crippen molar-refractivity contribution < 1.29 is 27.5 Å². The minimum absolute atomic E-state index is 0. The van der Waals surface area contributed by atoms with Gasteiger partial charge in [-0.15, -0.1) is 0 Å². The maximum atomic E-state index is 12.9. The van der Waals surface area contributed by atoms with E-state index in [1.54, 1.807) is 30.3 Å². The third-order valence-electron chi connectivity index (χ3n) is 4.07. The van der Waals surface area contributed by atoms with E-state index in [9.17, 15) is 22.8 Å². The lowest BCUT2D eigenvalue weighted by atomic mass is 10.2. The van der Waals surface area contributed by atoms with Gasteiger partial charge in [-0.1, -0.05) is 19.0 Å². The highest BCUT2D eigenvalue weighted by Gasteiger charge is 2.33. The Kier molecular flexibility index (Phi) is 8.25. The Labute approximate surface area is 192 Å². The molecule has 1 aromatic heterocycles. The fourth-order valence-electron chi connectivity index (χ4n) is 2.58. The number of hydrogen-bond donors (Lipinski definition) is 3. The zero-order valence-corrected chi connectivity index (χ0v) is 17.2. The van der Waals surface area contributed by atoms with Crippen molar-refractivity contribution in [1.82, 2.24) is 10.3 Å². The summed E-state index contributed by atoms with van der Waals surface area (Å²) in [4.78, 5) is 27.7. The third kappa shape index (κ3) is 6.84. The zero-order chi connectivity index (χ0) is 23.3. The number of anilines is 2. The van der Waals surface area contributed by atoms with Crippen LogP contribution in [0.4, 0.5) is 29.3 Å². The summed E-state index contributed by atoms with van der Waals surface area (Å²) in [5.74, 6) is 0.460. The van der Waals surface area contributed by atoms with Crippen molar-refractivity contribution in [1.29, 1.82) is 0 Å². The molecule has 0 saturated carbocycles. The van der Waals surface area contributed by atoms with Gasteiger partial charge in [0.2, 0.25) is 0 Å². The Balaban J connectivity index is 0.00000385. The maximum absolute atomic E-state index is 12.9. The number of pyridine rings is 1. The first-order valence-corrected chi connectivity index (χ1v) is 9.44.